The number of carbonyl (C=O) groups is 2. The second-order valence-corrected chi connectivity index (χ2v) is 6.26. The summed E-state index contributed by atoms with van der Waals surface area (Å²) in [5, 5.41) is 6.40. The lowest BCUT2D eigenvalue weighted by Gasteiger charge is -2.06. The summed E-state index contributed by atoms with van der Waals surface area (Å²) in [5.74, 6) is -1.50. The van der Waals surface area contributed by atoms with Gasteiger partial charge in [0.2, 0.25) is 5.91 Å². The highest BCUT2D eigenvalue weighted by Crippen LogP contribution is 2.28. The first-order chi connectivity index (χ1) is 12.0. The molecule has 3 rings (SSSR count). The third kappa shape index (κ3) is 4.07. The topological polar surface area (TPSA) is 71.1 Å². The minimum absolute atomic E-state index is 0.0354. The maximum absolute atomic E-state index is 13.9. The average Bonchev–Trinajstić information content (AvgIpc) is 3.05. The molecule has 0 fully saturated rings. The number of carbonyl (C=O) groups excluding carboxylic acids is 2. The van der Waals surface area contributed by atoms with E-state index in [1.165, 1.54) is 30.4 Å². The molecule has 1 heterocycles. The van der Waals surface area contributed by atoms with Crippen molar-refractivity contribution < 1.29 is 14.0 Å². The molecule has 25 heavy (non-hydrogen) atoms. The number of nitrogens with one attached hydrogen (secondary N) is 2. The molecule has 3 aromatic rings. The van der Waals surface area contributed by atoms with E-state index in [2.05, 4.69) is 15.6 Å². The molecule has 2 amide bonds. The molecule has 0 saturated carbocycles. The first-order valence-electron chi connectivity index (χ1n) is 7.42. The van der Waals surface area contributed by atoms with Gasteiger partial charge < -0.3 is 10.6 Å². The van der Waals surface area contributed by atoms with Gasteiger partial charge in [-0.05, 0) is 18.2 Å². The van der Waals surface area contributed by atoms with Gasteiger partial charge in [0.05, 0.1) is 11.9 Å². The SMILES string of the molecule is CC(=O)Nc1ccc(C(=O)Nc2cnc(-c3ccccc3)s2)cc1F. The van der Waals surface area contributed by atoms with Crippen LogP contribution in [0.25, 0.3) is 10.6 Å². The molecule has 0 bridgehead atoms. The van der Waals surface area contributed by atoms with Gasteiger partial charge in [-0.2, -0.15) is 0 Å². The van der Waals surface area contributed by atoms with Crippen molar-refractivity contribution in [2.45, 2.75) is 6.92 Å². The predicted octanol–water partition coefficient (Wildman–Crippen LogP) is 4.16. The number of hydrogen-bond donors (Lipinski definition) is 2. The van der Waals surface area contributed by atoms with E-state index in [0.29, 0.717) is 5.00 Å². The number of hydrogen-bond acceptors (Lipinski definition) is 4. The van der Waals surface area contributed by atoms with Crippen molar-refractivity contribution in [2.75, 3.05) is 10.6 Å². The van der Waals surface area contributed by atoms with E-state index in [4.69, 9.17) is 0 Å². The highest BCUT2D eigenvalue weighted by atomic mass is 32.1. The van der Waals surface area contributed by atoms with Crippen LogP contribution in [0.3, 0.4) is 0 Å². The Labute approximate surface area is 147 Å². The molecule has 0 atom stereocenters. The van der Waals surface area contributed by atoms with E-state index in [1.54, 1.807) is 6.20 Å². The van der Waals surface area contributed by atoms with E-state index in [9.17, 15) is 14.0 Å². The molecule has 0 spiro atoms. The van der Waals surface area contributed by atoms with Crippen LogP contribution in [0, 0.1) is 5.82 Å². The summed E-state index contributed by atoms with van der Waals surface area (Å²) in [5.41, 5.74) is 1.15. The molecule has 2 aromatic carbocycles. The Balaban J connectivity index is 1.73. The standard InChI is InChI=1S/C18H14FN3O2S/c1-11(23)21-15-8-7-13(9-14(15)19)17(24)22-16-10-20-18(25-16)12-5-3-2-4-6-12/h2-10H,1H3,(H,21,23)(H,22,24). The third-order valence-corrected chi connectivity index (χ3v) is 4.27. The van der Waals surface area contributed by atoms with Crippen LogP contribution in [-0.4, -0.2) is 16.8 Å². The summed E-state index contributed by atoms with van der Waals surface area (Å²) in [6.45, 7) is 1.29. The van der Waals surface area contributed by atoms with E-state index in [-0.39, 0.29) is 17.2 Å². The molecule has 0 radical (unpaired) electrons. The zero-order chi connectivity index (χ0) is 17.8. The molecule has 0 saturated heterocycles. The van der Waals surface area contributed by atoms with Crippen molar-refractivity contribution in [2.24, 2.45) is 0 Å². The molecule has 0 aliphatic carbocycles. The molecule has 0 aliphatic rings. The van der Waals surface area contributed by atoms with E-state index in [0.717, 1.165) is 16.6 Å². The highest BCUT2D eigenvalue weighted by molar-refractivity contribution is 7.19. The van der Waals surface area contributed by atoms with Gasteiger partial charge in [0.15, 0.2) is 0 Å². The molecule has 0 aliphatic heterocycles. The molecule has 5 nitrogen and oxygen atoms in total. The summed E-state index contributed by atoms with van der Waals surface area (Å²) in [7, 11) is 0. The quantitative estimate of drug-likeness (QED) is 0.738. The van der Waals surface area contributed by atoms with Crippen molar-refractivity contribution in [3.05, 3.63) is 66.1 Å². The van der Waals surface area contributed by atoms with Gasteiger partial charge in [0.25, 0.3) is 5.91 Å². The summed E-state index contributed by atoms with van der Waals surface area (Å²) in [6, 6.07) is 13.5. The lowest BCUT2D eigenvalue weighted by molar-refractivity contribution is -0.114. The summed E-state index contributed by atoms with van der Waals surface area (Å²) in [6.07, 6.45) is 1.56. The Hall–Kier alpha value is -3.06. The fourth-order valence-corrected chi connectivity index (χ4v) is 2.99. The minimum atomic E-state index is -0.669. The number of benzene rings is 2. The first kappa shape index (κ1) is 16.8. The molecule has 2 N–H and O–H groups in total. The van der Waals surface area contributed by atoms with Crippen molar-refractivity contribution in [1.29, 1.82) is 0 Å². The monoisotopic (exact) mass is 355 g/mol. The third-order valence-electron chi connectivity index (χ3n) is 3.31. The number of rotatable bonds is 4. The Kier molecular flexibility index (Phi) is 4.85. The lowest BCUT2D eigenvalue weighted by Crippen LogP contribution is -2.12. The van der Waals surface area contributed by atoms with Crippen LogP contribution in [0.1, 0.15) is 17.3 Å². The van der Waals surface area contributed by atoms with Crippen LogP contribution >= 0.6 is 11.3 Å². The van der Waals surface area contributed by atoms with Crippen LogP contribution in [0.2, 0.25) is 0 Å². The van der Waals surface area contributed by atoms with Crippen molar-refractivity contribution in [3.8, 4) is 10.6 Å². The van der Waals surface area contributed by atoms with Gasteiger partial charge in [-0.1, -0.05) is 41.7 Å². The van der Waals surface area contributed by atoms with Gasteiger partial charge >= 0.3 is 0 Å². The average molecular weight is 355 g/mol. The summed E-state index contributed by atoms with van der Waals surface area (Å²) >= 11 is 1.33. The van der Waals surface area contributed by atoms with Gasteiger partial charge in [-0.15, -0.1) is 0 Å². The predicted molar refractivity (Wildman–Crippen MR) is 96.2 cm³/mol. The van der Waals surface area contributed by atoms with Gasteiger partial charge in [-0.3, -0.25) is 9.59 Å². The lowest BCUT2D eigenvalue weighted by atomic mass is 10.2. The highest BCUT2D eigenvalue weighted by Gasteiger charge is 2.12. The zero-order valence-electron chi connectivity index (χ0n) is 13.2. The molecule has 7 heteroatoms. The van der Waals surface area contributed by atoms with Crippen molar-refractivity contribution in [3.63, 3.8) is 0 Å². The maximum Gasteiger partial charge on any atom is 0.256 e. The largest absolute Gasteiger partial charge is 0.324 e. The second kappa shape index (κ2) is 7.23. The fourth-order valence-electron chi connectivity index (χ4n) is 2.18. The Morgan fingerprint density at radius 2 is 1.84 bits per heavy atom. The van der Waals surface area contributed by atoms with Crippen LogP contribution in [-0.2, 0) is 4.79 Å². The molecule has 126 valence electrons. The van der Waals surface area contributed by atoms with E-state index >= 15 is 0 Å². The smallest absolute Gasteiger partial charge is 0.256 e. The Morgan fingerprint density at radius 3 is 2.52 bits per heavy atom. The molecular weight excluding hydrogens is 341 g/mol. The number of thiazole rings is 1. The number of halogens is 1. The molecule has 0 unspecified atom stereocenters. The number of anilines is 2. The van der Waals surface area contributed by atoms with Crippen LogP contribution in [0.15, 0.2) is 54.7 Å². The maximum atomic E-state index is 13.9. The number of aromatic nitrogens is 1. The van der Waals surface area contributed by atoms with Crippen LogP contribution in [0.4, 0.5) is 15.1 Å². The molecule has 1 aromatic heterocycles. The normalized spacial score (nSPS) is 10.3. The van der Waals surface area contributed by atoms with Gasteiger partial charge in [0, 0.05) is 18.1 Å². The van der Waals surface area contributed by atoms with E-state index in [1.807, 2.05) is 30.3 Å². The van der Waals surface area contributed by atoms with Crippen molar-refractivity contribution in [1.82, 2.24) is 4.98 Å². The number of amides is 2. The number of nitrogens with zero attached hydrogens (tertiary/aromatic N) is 1. The van der Waals surface area contributed by atoms with Gasteiger partial charge in [-0.25, -0.2) is 9.37 Å². The summed E-state index contributed by atoms with van der Waals surface area (Å²) in [4.78, 5) is 27.5. The Morgan fingerprint density at radius 1 is 1.08 bits per heavy atom. The second-order valence-electron chi connectivity index (χ2n) is 5.23. The fraction of sp³-hybridized carbons (Fsp3) is 0.0556. The van der Waals surface area contributed by atoms with E-state index < -0.39 is 11.7 Å². The van der Waals surface area contributed by atoms with Crippen LogP contribution in [0.5, 0.6) is 0 Å². The minimum Gasteiger partial charge on any atom is -0.324 e. The Bertz CT molecular complexity index is 925. The zero-order valence-corrected chi connectivity index (χ0v) is 14.1. The van der Waals surface area contributed by atoms with Crippen LogP contribution < -0.4 is 10.6 Å². The van der Waals surface area contributed by atoms with Gasteiger partial charge in [0.1, 0.15) is 15.8 Å². The molecular formula is C18H14FN3O2S. The van der Waals surface area contributed by atoms with Crippen molar-refractivity contribution >= 4 is 33.8 Å². The first-order valence-corrected chi connectivity index (χ1v) is 8.24. The summed E-state index contributed by atoms with van der Waals surface area (Å²) < 4.78 is 13.9.